The van der Waals surface area contributed by atoms with Gasteiger partial charge in [0.2, 0.25) is 0 Å². The molecule has 0 spiro atoms. The summed E-state index contributed by atoms with van der Waals surface area (Å²) in [6.07, 6.45) is 0. The van der Waals surface area contributed by atoms with E-state index < -0.39 is 5.97 Å². The third-order valence-electron chi connectivity index (χ3n) is 2.55. The first-order valence-corrected chi connectivity index (χ1v) is 7.98. The Labute approximate surface area is 125 Å². The summed E-state index contributed by atoms with van der Waals surface area (Å²) in [6.45, 7) is 0. The predicted octanol–water partition coefficient (Wildman–Crippen LogP) is 4.41. The number of carboxylic acids is 1. The Bertz CT molecular complexity index is 602. The number of carbonyl (C=O) groups is 1. The molecule has 5 heteroatoms. The molecule has 1 N–H and O–H groups in total. The highest BCUT2D eigenvalue weighted by Crippen LogP contribution is 2.26. The molecule has 0 aliphatic carbocycles. The van der Waals surface area contributed by atoms with Crippen molar-refractivity contribution in [2.45, 2.75) is 9.79 Å². The van der Waals surface area contributed by atoms with E-state index in [1.54, 1.807) is 36.4 Å². The van der Waals surface area contributed by atoms with Crippen LogP contribution in [0.3, 0.4) is 0 Å². The zero-order valence-corrected chi connectivity index (χ0v) is 12.2. The zero-order valence-electron chi connectivity index (χ0n) is 10.6. The number of carboxylic acid groups (broad SMARTS) is 1. The molecule has 0 heterocycles. The summed E-state index contributed by atoms with van der Waals surface area (Å²) in [7, 11) is 0. The first kappa shape index (κ1) is 14.9. The van der Waals surface area contributed by atoms with Gasteiger partial charge in [0.25, 0.3) is 0 Å². The highest BCUT2D eigenvalue weighted by Gasteiger charge is 2.09. The monoisotopic (exact) mass is 308 g/mol. The van der Waals surface area contributed by atoms with Crippen LogP contribution in [-0.4, -0.2) is 22.6 Å². The lowest BCUT2D eigenvalue weighted by molar-refractivity contribution is 0.0693. The molecule has 0 radical (unpaired) electrons. The lowest BCUT2D eigenvalue weighted by Crippen LogP contribution is -1.98. The van der Waals surface area contributed by atoms with E-state index in [0.717, 1.165) is 16.4 Å². The highest BCUT2D eigenvalue weighted by atomic mass is 32.2. The first-order valence-electron chi connectivity index (χ1n) is 6.01. The largest absolute Gasteiger partial charge is 0.478 e. The summed E-state index contributed by atoms with van der Waals surface area (Å²) < 4.78 is 13.4. The fourth-order valence-corrected chi connectivity index (χ4v) is 3.61. The molecule has 0 aromatic heterocycles. The molecule has 2 aromatic rings. The van der Waals surface area contributed by atoms with E-state index in [4.69, 9.17) is 5.11 Å². The van der Waals surface area contributed by atoms with Crippen LogP contribution in [0.15, 0.2) is 58.3 Å². The maximum Gasteiger partial charge on any atom is 0.336 e. The molecule has 0 atom stereocenters. The summed E-state index contributed by atoms with van der Waals surface area (Å²) in [6, 6.07) is 13.6. The minimum atomic E-state index is -0.921. The van der Waals surface area contributed by atoms with Gasteiger partial charge >= 0.3 is 5.97 Å². The van der Waals surface area contributed by atoms with Gasteiger partial charge in [0, 0.05) is 21.3 Å². The maximum absolute atomic E-state index is 13.4. The smallest absolute Gasteiger partial charge is 0.336 e. The SMILES string of the molecule is O=C(O)c1ccccc1SCCSc1ccccc1F. The van der Waals surface area contributed by atoms with Crippen LogP contribution in [0.25, 0.3) is 0 Å². The molecule has 2 rings (SSSR count). The van der Waals surface area contributed by atoms with Crippen LogP contribution in [0.5, 0.6) is 0 Å². The van der Waals surface area contributed by atoms with Crippen molar-refractivity contribution < 1.29 is 14.3 Å². The number of hydrogen-bond donors (Lipinski definition) is 1. The Morgan fingerprint density at radius 3 is 2.15 bits per heavy atom. The summed E-state index contributed by atoms with van der Waals surface area (Å²) >= 11 is 2.91. The number of aromatic carboxylic acids is 1. The third-order valence-corrected chi connectivity index (χ3v) is 4.94. The molecule has 104 valence electrons. The van der Waals surface area contributed by atoms with Crippen molar-refractivity contribution in [3.05, 3.63) is 59.9 Å². The Morgan fingerprint density at radius 2 is 1.50 bits per heavy atom. The topological polar surface area (TPSA) is 37.3 Å². The molecule has 2 nitrogen and oxygen atoms in total. The van der Waals surface area contributed by atoms with Crippen molar-refractivity contribution in [3.8, 4) is 0 Å². The van der Waals surface area contributed by atoms with Gasteiger partial charge < -0.3 is 5.11 Å². The van der Waals surface area contributed by atoms with E-state index in [2.05, 4.69) is 0 Å². The van der Waals surface area contributed by atoms with Crippen molar-refractivity contribution in [2.24, 2.45) is 0 Å². The summed E-state index contributed by atoms with van der Waals surface area (Å²) in [5, 5.41) is 9.07. The third kappa shape index (κ3) is 4.02. The molecule has 0 unspecified atom stereocenters. The van der Waals surface area contributed by atoms with Crippen molar-refractivity contribution in [1.29, 1.82) is 0 Å². The molecular formula is C15H13FO2S2. The molecule has 0 amide bonds. The van der Waals surface area contributed by atoms with Crippen LogP contribution in [0.1, 0.15) is 10.4 Å². The zero-order chi connectivity index (χ0) is 14.4. The quantitative estimate of drug-likeness (QED) is 0.633. The molecule has 0 fully saturated rings. The van der Waals surface area contributed by atoms with Crippen molar-refractivity contribution in [1.82, 2.24) is 0 Å². The van der Waals surface area contributed by atoms with E-state index in [1.165, 1.54) is 29.6 Å². The van der Waals surface area contributed by atoms with Gasteiger partial charge in [0.15, 0.2) is 0 Å². The van der Waals surface area contributed by atoms with Gasteiger partial charge in [-0.1, -0.05) is 24.3 Å². The van der Waals surface area contributed by atoms with Gasteiger partial charge in [0.05, 0.1) is 5.56 Å². The van der Waals surface area contributed by atoms with Crippen LogP contribution in [0.2, 0.25) is 0 Å². The summed E-state index contributed by atoms with van der Waals surface area (Å²) in [4.78, 5) is 12.4. The normalized spacial score (nSPS) is 10.4. The maximum atomic E-state index is 13.4. The van der Waals surface area contributed by atoms with Gasteiger partial charge in [-0.05, 0) is 24.3 Å². The summed E-state index contributed by atoms with van der Waals surface area (Å²) in [5.41, 5.74) is 0.313. The van der Waals surface area contributed by atoms with E-state index in [-0.39, 0.29) is 5.82 Å². The van der Waals surface area contributed by atoms with Crippen molar-refractivity contribution in [3.63, 3.8) is 0 Å². The lowest BCUT2D eigenvalue weighted by Gasteiger charge is -2.06. The standard InChI is InChI=1S/C15H13FO2S2/c16-12-6-2-4-8-14(12)20-10-9-19-13-7-3-1-5-11(13)15(17)18/h1-8H,9-10H2,(H,17,18). The fraction of sp³-hybridized carbons (Fsp3) is 0.133. The lowest BCUT2D eigenvalue weighted by atomic mass is 10.2. The second kappa shape index (κ2) is 7.36. The molecule has 0 aliphatic heterocycles. The van der Waals surface area contributed by atoms with Gasteiger partial charge in [-0.25, -0.2) is 9.18 Å². The Morgan fingerprint density at radius 1 is 0.950 bits per heavy atom. The van der Waals surface area contributed by atoms with Gasteiger partial charge in [-0.15, -0.1) is 23.5 Å². The van der Waals surface area contributed by atoms with Crippen LogP contribution in [0, 0.1) is 5.82 Å². The highest BCUT2D eigenvalue weighted by molar-refractivity contribution is 8.03. The molecule has 2 aromatic carbocycles. The van der Waals surface area contributed by atoms with Crippen LogP contribution in [0.4, 0.5) is 4.39 Å². The van der Waals surface area contributed by atoms with E-state index in [9.17, 15) is 9.18 Å². The molecule has 0 saturated heterocycles. The average molecular weight is 308 g/mol. The van der Waals surface area contributed by atoms with E-state index >= 15 is 0 Å². The minimum absolute atomic E-state index is 0.214. The molecule has 20 heavy (non-hydrogen) atoms. The Balaban J connectivity index is 1.88. The average Bonchev–Trinajstić information content (AvgIpc) is 2.45. The second-order valence-electron chi connectivity index (χ2n) is 3.93. The van der Waals surface area contributed by atoms with Gasteiger partial charge in [-0.3, -0.25) is 0 Å². The van der Waals surface area contributed by atoms with Gasteiger partial charge in [-0.2, -0.15) is 0 Å². The predicted molar refractivity (Wildman–Crippen MR) is 81.2 cm³/mol. The Kier molecular flexibility index (Phi) is 5.49. The van der Waals surface area contributed by atoms with Gasteiger partial charge in [0.1, 0.15) is 5.82 Å². The molecular weight excluding hydrogens is 295 g/mol. The van der Waals surface area contributed by atoms with Crippen LogP contribution < -0.4 is 0 Å². The molecule has 0 saturated carbocycles. The second-order valence-corrected chi connectivity index (χ2v) is 6.20. The number of halogens is 1. The van der Waals surface area contributed by atoms with E-state index in [0.29, 0.717) is 10.5 Å². The minimum Gasteiger partial charge on any atom is -0.478 e. The summed E-state index contributed by atoms with van der Waals surface area (Å²) in [5.74, 6) is 0.311. The molecule has 0 bridgehead atoms. The van der Waals surface area contributed by atoms with Crippen LogP contribution >= 0.6 is 23.5 Å². The van der Waals surface area contributed by atoms with Crippen molar-refractivity contribution in [2.75, 3.05) is 11.5 Å². The van der Waals surface area contributed by atoms with Crippen LogP contribution in [-0.2, 0) is 0 Å². The Hall–Kier alpha value is -1.46. The number of hydrogen-bond acceptors (Lipinski definition) is 3. The fourth-order valence-electron chi connectivity index (χ4n) is 1.63. The number of rotatable bonds is 6. The molecule has 0 aliphatic rings. The van der Waals surface area contributed by atoms with Crippen molar-refractivity contribution >= 4 is 29.5 Å². The number of thioether (sulfide) groups is 2. The first-order chi connectivity index (χ1) is 9.68. The van der Waals surface area contributed by atoms with E-state index in [1.807, 2.05) is 6.07 Å². The number of benzene rings is 2.